The molecule has 0 aliphatic heterocycles. The molecule has 0 saturated carbocycles. The van der Waals surface area contributed by atoms with Crippen molar-refractivity contribution in [3.8, 4) is 23.0 Å². The third kappa shape index (κ3) is 3.31. The second kappa shape index (κ2) is 7.00. The van der Waals surface area contributed by atoms with Crippen LogP contribution < -0.4 is 4.74 Å². The van der Waals surface area contributed by atoms with Crippen LogP contribution >= 0.6 is 0 Å². The molecule has 0 spiro atoms. The first-order valence-corrected chi connectivity index (χ1v) is 8.36. The van der Waals surface area contributed by atoms with Crippen molar-refractivity contribution in [3.63, 3.8) is 0 Å². The predicted octanol–water partition coefficient (Wildman–Crippen LogP) is 4.61. The molecule has 0 heterocycles. The maximum Gasteiger partial charge on any atom is 0.160 e. The Hall–Kier alpha value is -3.14. The second-order valence-electron chi connectivity index (χ2n) is 6.45. The molecular weight excluding hydrogens is 328 g/mol. The Bertz CT molecular complexity index is 895. The van der Waals surface area contributed by atoms with Gasteiger partial charge < -0.3 is 20.1 Å². The summed E-state index contributed by atoms with van der Waals surface area (Å²) in [6.45, 7) is 3.91. The summed E-state index contributed by atoms with van der Waals surface area (Å²) in [5.41, 5.74) is 4.92. The van der Waals surface area contributed by atoms with E-state index in [1.165, 1.54) is 7.11 Å². The summed E-state index contributed by atoms with van der Waals surface area (Å²) in [6, 6.07) is 15.9. The highest BCUT2D eigenvalue weighted by Gasteiger charge is 2.22. The van der Waals surface area contributed by atoms with Gasteiger partial charge in [-0.25, -0.2) is 0 Å². The largest absolute Gasteiger partial charge is 0.508 e. The minimum Gasteiger partial charge on any atom is -0.508 e. The van der Waals surface area contributed by atoms with E-state index in [1.54, 1.807) is 30.3 Å². The molecule has 3 N–H and O–H groups in total. The molecule has 3 aromatic carbocycles. The van der Waals surface area contributed by atoms with E-state index >= 15 is 0 Å². The standard InChI is InChI=1S/C22H22O4/c1-13-10-16(23)5-7-18(13)22(19-8-6-17(24)11-14(19)2)15-4-9-20(25)21(12-15)26-3/h4-12,22-25H,1-3H3. The molecular formula is C22H22O4. The number of aromatic hydroxyl groups is 3. The van der Waals surface area contributed by atoms with E-state index in [-0.39, 0.29) is 23.2 Å². The van der Waals surface area contributed by atoms with E-state index in [0.717, 1.165) is 27.8 Å². The summed E-state index contributed by atoms with van der Waals surface area (Å²) in [5.74, 6) is 0.789. The maximum atomic E-state index is 9.95. The first kappa shape index (κ1) is 17.7. The molecule has 3 rings (SSSR count). The van der Waals surface area contributed by atoms with E-state index < -0.39 is 0 Å². The van der Waals surface area contributed by atoms with Crippen LogP contribution in [0.1, 0.15) is 33.7 Å². The van der Waals surface area contributed by atoms with Crippen LogP contribution in [0.2, 0.25) is 0 Å². The Balaban J connectivity index is 2.25. The predicted molar refractivity (Wildman–Crippen MR) is 101 cm³/mol. The molecule has 4 heteroatoms. The van der Waals surface area contributed by atoms with Gasteiger partial charge in [0, 0.05) is 5.92 Å². The molecule has 0 radical (unpaired) electrons. The number of rotatable bonds is 4. The molecule has 0 bridgehead atoms. The molecule has 4 nitrogen and oxygen atoms in total. The van der Waals surface area contributed by atoms with Gasteiger partial charge in [-0.2, -0.15) is 0 Å². The lowest BCUT2D eigenvalue weighted by Gasteiger charge is -2.23. The van der Waals surface area contributed by atoms with Gasteiger partial charge in [0.25, 0.3) is 0 Å². The zero-order chi connectivity index (χ0) is 18.8. The van der Waals surface area contributed by atoms with Crippen molar-refractivity contribution in [1.82, 2.24) is 0 Å². The molecule has 0 aliphatic rings. The summed E-state index contributed by atoms with van der Waals surface area (Å²) in [5, 5.41) is 29.5. The molecule has 0 unspecified atom stereocenters. The van der Waals surface area contributed by atoms with Crippen LogP contribution in [0.4, 0.5) is 0 Å². The van der Waals surface area contributed by atoms with Crippen LogP contribution in [0, 0.1) is 13.8 Å². The smallest absolute Gasteiger partial charge is 0.160 e. The SMILES string of the molecule is COc1cc(C(c2ccc(O)cc2C)c2ccc(O)cc2C)ccc1O. The first-order valence-electron chi connectivity index (χ1n) is 8.36. The van der Waals surface area contributed by atoms with Crippen molar-refractivity contribution in [2.24, 2.45) is 0 Å². The minimum absolute atomic E-state index is 0.0832. The number of benzene rings is 3. The summed E-state index contributed by atoms with van der Waals surface area (Å²) in [4.78, 5) is 0. The van der Waals surface area contributed by atoms with Gasteiger partial charge in [-0.1, -0.05) is 18.2 Å². The van der Waals surface area contributed by atoms with E-state index in [4.69, 9.17) is 4.74 Å². The number of hydrogen-bond acceptors (Lipinski definition) is 4. The van der Waals surface area contributed by atoms with Crippen LogP contribution in [0.15, 0.2) is 54.6 Å². The van der Waals surface area contributed by atoms with Crippen LogP contribution in [-0.2, 0) is 0 Å². The highest BCUT2D eigenvalue weighted by atomic mass is 16.5. The summed E-state index contributed by atoms with van der Waals surface area (Å²) < 4.78 is 5.28. The third-order valence-electron chi connectivity index (χ3n) is 4.67. The maximum absolute atomic E-state index is 9.95. The Morgan fingerprint density at radius 1 is 0.731 bits per heavy atom. The van der Waals surface area contributed by atoms with Crippen molar-refractivity contribution in [1.29, 1.82) is 0 Å². The molecule has 0 fully saturated rings. The number of ether oxygens (including phenoxy) is 1. The highest BCUT2D eigenvalue weighted by Crippen LogP contribution is 2.40. The first-order chi connectivity index (χ1) is 12.4. The van der Waals surface area contributed by atoms with Gasteiger partial charge >= 0.3 is 0 Å². The number of methoxy groups -OCH3 is 1. The lowest BCUT2D eigenvalue weighted by Crippen LogP contribution is -2.07. The fourth-order valence-corrected chi connectivity index (χ4v) is 3.37. The molecule has 0 amide bonds. The molecule has 0 saturated heterocycles. The van der Waals surface area contributed by atoms with Crippen molar-refractivity contribution in [2.45, 2.75) is 19.8 Å². The van der Waals surface area contributed by atoms with Gasteiger partial charge in [-0.05, 0) is 78.1 Å². The lowest BCUT2D eigenvalue weighted by atomic mass is 9.81. The topological polar surface area (TPSA) is 69.9 Å². The molecule has 26 heavy (non-hydrogen) atoms. The molecule has 0 aromatic heterocycles. The number of phenolic OH excluding ortho intramolecular Hbond substituents is 3. The average Bonchev–Trinajstić information content (AvgIpc) is 2.59. The number of phenols is 3. The fraction of sp³-hybridized carbons (Fsp3) is 0.182. The zero-order valence-corrected chi connectivity index (χ0v) is 15.0. The van der Waals surface area contributed by atoms with E-state index in [0.29, 0.717) is 5.75 Å². The Kier molecular flexibility index (Phi) is 4.76. The van der Waals surface area contributed by atoms with Gasteiger partial charge in [0.2, 0.25) is 0 Å². The van der Waals surface area contributed by atoms with E-state index in [1.807, 2.05) is 38.1 Å². The zero-order valence-electron chi connectivity index (χ0n) is 15.0. The van der Waals surface area contributed by atoms with E-state index in [9.17, 15) is 15.3 Å². The average molecular weight is 350 g/mol. The van der Waals surface area contributed by atoms with Crippen molar-refractivity contribution >= 4 is 0 Å². The summed E-state index contributed by atoms with van der Waals surface area (Å²) >= 11 is 0. The Morgan fingerprint density at radius 2 is 1.27 bits per heavy atom. The van der Waals surface area contributed by atoms with Crippen molar-refractivity contribution < 1.29 is 20.1 Å². The molecule has 3 aromatic rings. The second-order valence-corrected chi connectivity index (χ2v) is 6.45. The van der Waals surface area contributed by atoms with Gasteiger partial charge in [0.15, 0.2) is 11.5 Å². The normalized spacial score (nSPS) is 10.9. The fourth-order valence-electron chi connectivity index (χ4n) is 3.37. The monoisotopic (exact) mass is 350 g/mol. The quantitative estimate of drug-likeness (QED) is 0.601. The molecule has 0 atom stereocenters. The van der Waals surface area contributed by atoms with Gasteiger partial charge in [0.05, 0.1) is 7.11 Å². The van der Waals surface area contributed by atoms with Crippen LogP contribution in [0.25, 0.3) is 0 Å². The highest BCUT2D eigenvalue weighted by molar-refractivity contribution is 5.54. The summed E-state index contributed by atoms with van der Waals surface area (Å²) in [6.07, 6.45) is 0. The lowest BCUT2D eigenvalue weighted by molar-refractivity contribution is 0.373. The van der Waals surface area contributed by atoms with E-state index in [2.05, 4.69) is 0 Å². The van der Waals surface area contributed by atoms with Crippen LogP contribution in [-0.4, -0.2) is 22.4 Å². The Morgan fingerprint density at radius 3 is 1.73 bits per heavy atom. The minimum atomic E-state index is -0.134. The van der Waals surface area contributed by atoms with Gasteiger partial charge in [-0.3, -0.25) is 0 Å². The summed E-state index contributed by atoms with van der Waals surface area (Å²) in [7, 11) is 1.52. The third-order valence-corrected chi connectivity index (χ3v) is 4.67. The molecule has 134 valence electrons. The van der Waals surface area contributed by atoms with Crippen LogP contribution in [0.5, 0.6) is 23.0 Å². The van der Waals surface area contributed by atoms with Gasteiger partial charge in [0.1, 0.15) is 11.5 Å². The number of hydrogen-bond donors (Lipinski definition) is 3. The van der Waals surface area contributed by atoms with Gasteiger partial charge in [-0.15, -0.1) is 0 Å². The van der Waals surface area contributed by atoms with Crippen LogP contribution in [0.3, 0.4) is 0 Å². The number of aryl methyl sites for hydroxylation is 2. The van der Waals surface area contributed by atoms with Crippen molar-refractivity contribution in [2.75, 3.05) is 7.11 Å². The Labute approximate surface area is 153 Å². The van der Waals surface area contributed by atoms with Crippen molar-refractivity contribution in [3.05, 3.63) is 82.4 Å². The molecule has 0 aliphatic carbocycles.